The third-order valence-electron chi connectivity index (χ3n) is 5.58. The van der Waals surface area contributed by atoms with Gasteiger partial charge in [-0.05, 0) is 27.7 Å². The van der Waals surface area contributed by atoms with Crippen molar-refractivity contribution in [1.82, 2.24) is 16.0 Å². The maximum atomic E-state index is 12.1. The zero-order valence-electron chi connectivity index (χ0n) is 19.2. The number of aliphatic carboxylic acids is 1. The second kappa shape index (κ2) is 10.8. The molecule has 0 heterocycles. The number of hydrogen-bond donors (Lipinski definition) is 4. The van der Waals surface area contributed by atoms with Gasteiger partial charge in [0, 0.05) is 12.5 Å². The molecule has 2 aromatic rings. The number of carbonyl (C=O) groups is 4. The number of benzene rings is 2. The van der Waals surface area contributed by atoms with Crippen LogP contribution in [0.25, 0.3) is 11.1 Å². The molecule has 0 unspecified atom stereocenters. The summed E-state index contributed by atoms with van der Waals surface area (Å²) in [5.74, 6) is -2.03. The minimum Gasteiger partial charge on any atom is -0.481 e. The topological polar surface area (TPSA) is 134 Å². The lowest BCUT2D eigenvalue weighted by Crippen LogP contribution is -2.44. The molecule has 1 aliphatic carbocycles. The Bertz CT molecular complexity index is 1040. The van der Waals surface area contributed by atoms with Crippen molar-refractivity contribution in [3.8, 4) is 11.1 Å². The molecular formula is C25H29N3O6. The molecule has 34 heavy (non-hydrogen) atoms. The van der Waals surface area contributed by atoms with Crippen molar-refractivity contribution in [2.75, 3.05) is 26.2 Å². The molecule has 9 nitrogen and oxygen atoms in total. The van der Waals surface area contributed by atoms with Crippen molar-refractivity contribution in [1.29, 1.82) is 0 Å². The fraction of sp³-hybridized carbons (Fsp3) is 0.360. The first kappa shape index (κ1) is 24.8. The lowest BCUT2D eigenvalue weighted by atomic mass is 9.89. The summed E-state index contributed by atoms with van der Waals surface area (Å²) in [6, 6.07) is 16.0. The van der Waals surface area contributed by atoms with Crippen LogP contribution in [0.1, 0.15) is 37.3 Å². The lowest BCUT2D eigenvalue weighted by molar-refractivity contribution is -0.139. The summed E-state index contributed by atoms with van der Waals surface area (Å²) in [5, 5.41) is 16.2. The summed E-state index contributed by atoms with van der Waals surface area (Å²) in [6.45, 7) is 3.11. The van der Waals surface area contributed by atoms with E-state index in [9.17, 15) is 19.2 Å². The molecule has 0 saturated heterocycles. The molecule has 9 heteroatoms. The number of hydrogen-bond acceptors (Lipinski definition) is 5. The van der Waals surface area contributed by atoms with E-state index in [1.165, 1.54) is 0 Å². The maximum absolute atomic E-state index is 12.1. The quantitative estimate of drug-likeness (QED) is 0.424. The van der Waals surface area contributed by atoms with Gasteiger partial charge in [0.25, 0.3) is 0 Å². The van der Waals surface area contributed by atoms with Gasteiger partial charge in [0.15, 0.2) is 0 Å². The van der Waals surface area contributed by atoms with E-state index in [2.05, 4.69) is 16.0 Å². The van der Waals surface area contributed by atoms with Gasteiger partial charge < -0.3 is 25.8 Å². The van der Waals surface area contributed by atoms with Gasteiger partial charge >= 0.3 is 12.1 Å². The molecule has 0 fully saturated rings. The molecule has 0 atom stereocenters. The van der Waals surface area contributed by atoms with Crippen LogP contribution in [0.3, 0.4) is 0 Å². The van der Waals surface area contributed by atoms with Crippen LogP contribution in [0.15, 0.2) is 48.5 Å². The summed E-state index contributed by atoms with van der Waals surface area (Å²) < 4.78 is 5.37. The second-order valence-electron chi connectivity index (χ2n) is 8.97. The van der Waals surface area contributed by atoms with Crippen LogP contribution in [0.4, 0.5) is 4.79 Å². The number of nitrogens with one attached hydrogen (secondary N) is 3. The summed E-state index contributed by atoms with van der Waals surface area (Å²) >= 11 is 0. The average molecular weight is 468 g/mol. The normalized spacial score (nSPS) is 12.3. The Kier molecular flexibility index (Phi) is 7.88. The first-order chi connectivity index (χ1) is 16.2. The maximum Gasteiger partial charge on any atom is 0.407 e. The van der Waals surface area contributed by atoms with Gasteiger partial charge in [-0.1, -0.05) is 62.4 Å². The SMILES string of the molecule is CC(C)(CNC(=O)CNC(=O)CNC(=O)OCC1c2ccccc2-c2ccccc21)CC(=O)O. The van der Waals surface area contributed by atoms with Crippen molar-refractivity contribution in [3.05, 3.63) is 59.7 Å². The fourth-order valence-electron chi connectivity index (χ4n) is 3.92. The third kappa shape index (κ3) is 6.57. The van der Waals surface area contributed by atoms with Crippen LogP contribution in [0.5, 0.6) is 0 Å². The Labute approximate surface area is 197 Å². The monoisotopic (exact) mass is 467 g/mol. The highest BCUT2D eigenvalue weighted by Crippen LogP contribution is 2.44. The summed E-state index contributed by atoms with van der Waals surface area (Å²) in [5.41, 5.74) is 3.81. The van der Waals surface area contributed by atoms with Crippen LogP contribution in [-0.4, -0.2) is 55.2 Å². The molecule has 3 rings (SSSR count). The molecule has 180 valence electrons. The smallest absolute Gasteiger partial charge is 0.407 e. The van der Waals surface area contributed by atoms with E-state index in [0.717, 1.165) is 22.3 Å². The van der Waals surface area contributed by atoms with Gasteiger partial charge in [0.1, 0.15) is 13.2 Å². The molecule has 1 aliphatic rings. The molecule has 0 spiro atoms. The third-order valence-corrected chi connectivity index (χ3v) is 5.58. The van der Waals surface area contributed by atoms with Gasteiger partial charge in [-0.2, -0.15) is 0 Å². The molecule has 0 saturated carbocycles. The van der Waals surface area contributed by atoms with Crippen LogP contribution in [0.2, 0.25) is 0 Å². The van der Waals surface area contributed by atoms with E-state index in [4.69, 9.17) is 9.84 Å². The Morgan fingerprint density at radius 1 is 0.853 bits per heavy atom. The molecule has 2 aromatic carbocycles. The van der Waals surface area contributed by atoms with Crippen LogP contribution in [0, 0.1) is 5.41 Å². The first-order valence-electron chi connectivity index (χ1n) is 11.0. The van der Waals surface area contributed by atoms with E-state index in [1.54, 1.807) is 13.8 Å². The van der Waals surface area contributed by atoms with Crippen molar-refractivity contribution in [2.24, 2.45) is 5.41 Å². The van der Waals surface area contributed by atoms with Crippen molar-refractivity contribution in [2.45, 2.75) is 26.2 Å². The number of carboxylic acids is 1. The average Bonchev–Trinajstić information content (AvgIpc) is 3.11. The molecule has 0 radical (unpaired) electrons. The highest BCUT2D eigenvalue weighted by atomic mass is 16.5. The largest absolute Gasteiger partial charge is 0.481 e. The molecule has 0 aliphatic heterocycles. The van der Waals surface area contributed by atoms with Crippen molar-refractivity contribution >= 4 is 23.9 Å². The fourth-order valence-corrected chi connectivity index (χ4v) is 3.92. The van der Waals surface area contributed by atoms with E-state index in [-0.39, 0.29) is 38.6 Å². The Morgan fingerprint density at radius 2 is 1.38 bits per heavy atom. The number of alkyl carbamates (subject to hydrolysis) is 1. The molecule has 3 amide bonds. The second-order valence-corrected chi connectivity index (χ2v) is 8.97. The van der Waals surface area contributed by atoms with Gasteiger partial charge in [-0.15, -0.1) is 0 Å². The standard InChI is InChI=1S/C25H29N3O6/c1-25(2,11-23(31)32)15-28-22(30)12-26-21(29)13-27-24(33)34-14-20-18-9-5-3-7-16(18)17-8-4-6-10-19(17)20/h3-10,20H,11-15H2,1-2H3,(H,26,29)(H,27,33)(H,28,30)(H,31,32). The van der Waals surface area contributed by atoms with Gasteiger partial charge in [0.2, 0.25) is 11.8 Å². The molecule has 4 N–H and O–H groups in total. The minimum absolute atomic E-state index is 0.0824. The summed E-state index contributed by atoms with van der Waals surface area (Å²) in [6.07, 6.45) is -0.819. The van der Waals surface area contributed by atoms with Gasteiger partial charge in [-0.25, -0.2) is 4.79 Å². The molecule has 0 bridgehead atoms. The Morgan fingerprint density at radius 3 is 1.97 bits per heavy atom. The number of carboxylic acid groups (broad SMARTS) is 1. The van der Waals surface area contributed by atoms with Crippen LogP contribution >= 0.6 is 0 Å². The summed E-state index contributed by atoms with van der Waals surface area (Å²) in [4.78, 5) is 46.8. The minimum atomic E-state index is -0.952. The van der Waals surface area contributed by atoms with Gasteiger partial charge in [-0.3, -0.25) is 14.4 Å². The zero-order valence-corrected chi connectivity index (χ0v) is 19.2. The number of rotatable bonds is 10. The summed E-state index contributed by atoms with van der Waals surface area (Å²) in [7, 11) is 0. The molecule has 0 aromatic heterocycles. The van der Waals surface area contributed by atoms with E-state index in [1.807, 2.05) is 48.5 Å². The zero-order chi connectivity index (χ0) is 24.7. The molecular weight excluding hydrogens is 438 g/mol. The first-order valence-corrected chi connectivity index (χ1v) is 11.0. The predicted octanol–water partition coefficient (Wildman–Crippen LogP) is 2.26. The highest BCUT2D eigenvalue weighted by molar-refractivity contribution is 5.87. The number of carbonyl (C=O) groups excluding carboxylic acids is 3. The van der Waals surface area contributed by atoms with Crippen molar-refractivity contribution in [3.63, 3.8) is 0 Å². The van der Waals surface area contributed by atoms with Crippen LogP contribution < -0.4 is 16.0 Å². The van der Waals surface area contributed by atoms with Crippen molar-refractivity contribution < 1.29 is 29.0 Å². The predicted molar refractivity (Wildman–Crippen MR) is 125 cm³/mol. The lowest BCUT2D eigenvalue weighted by Gasteiger charge is -2.22. The Balaban J connectivity index is 1.39. The van der Waals surface area contributed by atoms with E-state index >= 15 is 0 Å². The van der Waals surface area contributed by atoms with E-state index in [0.29, 0.717) is 0 Å². The highest BCUT2D eigenvalue weighted by Gasteiger charge is 2.29. The number of ether oxygens (including phenoxy) is 1. The van der Waals surface area contributed by atoms with Crippen LogP contribution in [-0.2, 0) is 19.1 Å². The number of fused-ring (bicyclic) bond motifs is 3. The van der Waals surface area contributed by atoms with E-state index < -0.39 is 29.3 Å². The van der Waals surface area contributed by atoms with Gasteiger partial charge in [0.05, 0.1) is 13.0 Å². The Hall–Kier alpha value is -3.88. The number of amides is 3.